The maximum atomic E-state index is 12.5. The molecule has 0 radical (unpaired) electrons. The Balaban J connectivity index is 1.89. The fourth-order valence-electron chi connectivity index (χ4n) is 2.20. The van der Waals surface area contributed by atoms with Gasteiger partial charge >= 0.3 is 0 Å². The molecule has 7 nitrogen and oxygen atoms in total. The van der Waals surface area contributed by atoms with Crippen LogP contribution in [0.4, 0.5) is 0 Å². The Morgan fingerprint density at radius 1 is 1.58 bits per heavy atom. The molecule has 1 amide bonds. The summed E-state index contributed by atoms with van der Waals surface area (Å²) in [5.41, 5.74) is 1.21. The molecule has 0 spiro atoms. The van der Waals surface area contributed by atoms with Crippen LogP contribution < -0.4 is 0 Å². The highest BCUT2D eigenvalue weighted by atomic mass is 16.5. The van der Waals surface area contributed by atoms with Gasteiger partial charge in [-0.25, -0.2) is 4.98 Å². The van der Waals surface area contributed by atoms with Gasteiger partial charge in [0.25, 0.3) is 5.91 Å². The van der Waals surface area contributed by atoms with Crippen LogP contribution in [0.1, 0.15) is 28.0 Å². The third-order valence-electron chi connectivity index (χ3n) is 3.22. The summed E-state index contributed by atoms with van der Waals surface area (Å²) in [6.07, 6.45) is 2.95. The van der Waals surface area contributed by atoms with Crippen molar-refractivity contribution < 1.29 is 13.9 Å². The van der Waals surface area contributed by atoms with Crippen LogP contribution in [0.3, 0.4) is 0 Å². The first-order valence-corrected chi connectivity index (χ1v) is 6.05. The molecule has 0 unspecified atom stereocenters. The van der Waals surface area contributed by atoms with Gasteiger partial charge in [0, 0.05) is 12.7 Å². The molecule has 1 aliphatic heterocycles. The summed E-state index contributed by atoms with van der Waals surface area (Å²) >= 11 is 0. The lowest BCUT2D eigenvalue weighted by atomic mass is 10.1. The normalized spacial score (nSPS) is 19.6. The SMILES string of the molecule is Cc1ocnc1C(=O)N1CCOC[C@@H]1c1ccn[nH]1. The second-order valence-electron chi connectivity index (χ2n) is 4.36. The number of carbonyl (C=O) groups is 1. The second-order valence-corrected chi connectivity index (χ2v) is 4.36. The number of nitrogens with one attached hydrogen (secondary N) is 1. The van der Waals surface area contributed by atoms with Gasteiger partial charge in [-0.2, -0.15) is 5.10 Å². The van der Waals surface area contributed by atoms with E-state index in [-0.39, 0.29) is 11.9 Å². The molecule has 19 heavy (non-hydrogen) atoms. The fraction of sp³-hybridized carbons (Fsp3) is 0.417. The maximum absolute atomic E-state index is 12.5. The zero-order valence-electron chi connectivity index (χ0n) is 10.5. The smallest absolute Gasteiger partial charge is 0.276 e. The molecular formula is C12H14N4O3. The van der Waals surface area contributed by atoms with Crippen LogP contribution in [-0.4, -0.2) is 45.7 Å². The maximum Gasteiger partial charge on any atom is 0.276 e. The number of ether oxygens (including phenoxy) is 1. The summed E-state index contributed by atoms with van der Waals surface area (Å²) in [5, 5.41) is 6.80. The minimum Gasteiger partial charge on any atom is -0.448 e. The van der Waals surface area contributed by atoms with Gasteiger partial charge in [0.05, 0.1) is 24.9 Å². The Morgan fingerprint density at radius 2 is 2.47 bits per heavy atom. The van der Waals surface area contributed by atoms with Crippen LogP contribution in [0, 0.1) is 6.92 Å². The molecule has 3 rings (SSSR count). The van der Waals surface area contributed by atoms with Gasteiger partial charge in [0.15, 0.2) is 12.1 Å². The molecule has 0 aliphatic carbocycles. The van der Waals surface area contributed by atoms with E-state index in [4.69, 9.17) is 9.15 Å². The molecule has 2 aromatic heterocycles. The molecular weight excluding hydrogens is 248 g/mol. The standard InChI is InChI=1S/C12H14N4O3/c1-8-11(13-7-19-8)12(17)16-4-5-18-6-10(16)9-2-3-14-15-9/h2-3,7,10H,4-6H2,1H3,(H,14,15)/t10-/m1/s1. The van der Waals surface area contributed by atoms with E-state index in [9.17, 15) is 4.79 Å². The third-order valence-corrected chi connectivity index (χ3v) is 3.22. The van der Waals surface area contributed by atoms with Crippen molar-refractivity contribution >= 4 is 5.91 Å². The van der Waals surface area contributed by atoms with Crippen LogP contribution in [0.2, 0.25) is 0 Å². The van der Waals surface area contributed by atoms with Gasteiger partial charge in [-0.1, -0.05) is 0 Å². The summed E-state index contributed by atoms with van der Waals surface area (Å²) in [6, 6.07) is 1.68. The number of aryl methyl sites for hydroxylation is 1. The van der Waals surface area contributed by atoms with Crippen molar-refractivity contribution in [1.82, 2.24) is 20.1 Å². The zero-order chi connectivity index (χ0) is 13.2. The van der Waals surface area contributed by atoms with Crippen LogP contribution in [0.15, 0.2) is 23.1 Å². The van der Waals surface area contributed by atoms with Gasteiger partial charge in [0.2, 0.25) is 0 Å². The highest BCUT2D eigenvalue weighted by Crippen LogP contribution is 2.24. The van der Waals surface area contributed by atoms with E-state index in [1.165, 1.54) is 6.39 Å². The number of aromatic amines is 1. The molecule has 100 valence electrons. The predicted molar refractivity (Wildman–Crippen MR) is 64.4 cm³/mol. The lowest BCUT2D eigenvalue weighted by Crippen LogP contribution is -2.43. The number of nitrogens with zero attached hydrogens (tertiary/aromatic N) is 3. The largest absolute Gasteiger partial charge is 0.448 e. The van der Waals surface area contributed by atoms with Crippen molar-refractivity contribution in [1.29, 1.82) is 0 Å². The molecule has 0 saturated carbocycles. The first kappa shape index (κ1) is 11.9. The van der Waals surface area contributed by atoms with Crippen molar-refractivity contribution in [3.05, 3.63) is 35.8 Å². The van der Waals surface area contributed by atoms with Gasteiger partial charge in [-0.05, 0) is 13.0 Å². The van der Waals surface area contributed by atoms with Gasteiger partial charge < -0.3 is 14.1 Å². The molecule has 2 aromatic rings. The molecule has 0 aromatic carbocycles. The van der Waals surface area contributed by atoms with Crippen LogP contribution in [0.5, 0.6) is 0 Å². The number of rotatable bonds is 2. The van der Waals surface area contributed by atoms with Gasteiger partial charge in [-0.15, -0.1) is 0 Å². The highest BCUT2D eigenvalue weighted by Gasteiger charge is 2.32. The zero-order valence-corrected chi connectivity index (χ0v) is 10.5. The van der Waals surface area contributed by atoms with E-state index in [0.717, 1.165) is 5.69 Å². The lowest BCUT2D eigenvalue weighted by Gasteiger charge is -2.34. The first-order chi connectivity index (χ1) is 9.27. The Labute approximate surface area is 109 Å². The number of aromatic nitrogens is 3. The number of hydrogen-bond donors (Lipinski definition) is 1. The minimum absolute atomic E-state index is 0.144. The van der Waals surface area contributed by atoms with E-state index in [1.54, 1.807) is 18.0 Å². The first-order valence-electron chi connectivity index (χ1n) is 6.05. The second kappa shape index (κ2) is 4.85. The van der Waals surface area contributed by atoms with Gasteiger partial charge in [-0.3, -0.25) is 9.89 Å². The summed E-state index contributed by atoms with van der Waals surface area (Å²) in [6.45, 7) is 3.22. The van der Waals surface area contributed by atoms with Crippen molar-refractivity contribution in [2.45, 2.75) is 13.0 Å². The number of H-pyrrole nitrogens is 1. The van der Waals surface area contributed by atoms with Crippen LogP contribution >= 0.6 is 0 Å². The summed E-state index contributed by atoms with van der Waals surface area (Å²) in [5.74, 6) is 0.383. The average Bonchev–Trinajstić information content (AvgIpc) is 3.09. The lowest BCUT2D eigenvalue weighted by molar-refractivity contribution is -0.00427. The predicted octanol–water partition coefficient (Wildman–Crippen LogP) is 0.920. The van der Waals surface area contributed by atoms with Crippen molar-refractivity contribution in [3.63, 3.8) is 0 Å². The molecule has 1 atom stereocenters. The Kier molecular flexibility index (Phi) is 3.04. The van der Waals surface area contributed by atoms with Crippen molar-refractivity contribution in [3.8, 4) is 0 Å². The molecule has 1 N–H and O–H groups in total. The summed E-state index contributed by atoms with van der Waals surface area (Å²) in [4.78, 5) is 18.2. The molecule has 1 saturated heterocycles. The quantitative estimate of drug-likeness (QED) is 0.870. The number of carbonyl (C=O) groups excluding carboxylic acids is 1. The van der Waals surface area contributed by atoms with Crippen LogP contribution in [-0.2, 0) is 4.74 Å². The number of amides is 1. The Morgan fingerprint density at radius 3 is 3.16 bits per heavy atom. The minimum atomic E-state index is -0.167. The van der Waals surface area contributed by atoms with E-state index in [1.807, 2.05) is 6.07 Å². The number of oxazole rings is 1. The monoisotopic (exact) mass is 262 g/mol. The average molecular weight is 262 g/mol. The Bertz CT molecular complexity index is 563. The van der Waals surface area contributed by atoms with Crippen molar-refractivity contribution in [2.75, 3.05) is 19.8 Å². The summed E-state index contributed by atoms with van der Waals surface area (Å²) in [7, 11) is 0. The third kappa shape index (κ3) is 2.12. The van der Waals surface area contributed by atoms with E-state index in [0.29, 0.717) is 31.2 Å². The topological polar surface area (TPSA) is 84.2 Å². The molecule has 1 aliphatic rings. The molecule has 7 heteroatoms. The number of morpholine rings is 1. The van der Waals surface area contributed by atoms with E-state index < -0.39 is 0 Å². The molecule has 3 heterocycles. The van der Waals surface area contributed by atoms with Gasteiger partial charge in [0.1, 0.15) is 5.76 Å². The molecule has 1 fully saturated rings. The molecule has 0 bridgehead atoms. The van der Waals surface area contributed by atoms with E-state index in [2.05, 4.69) is 15.2 Å². The number of hydrogen-bond acceptors (Lipinski definition) is 5. The van der Waals surface area contributed by atoms with Crippen LogP contribution in [0.25, 0.3) is 0 Å². The summed E-state index contributed by atoms with van der Waals surface area (Å²) < 4.78 is 10.5. The van der Waals surface area contributed by atoms with Crippen molar-refractivity contribution in [2.24, 2.45) is 0 Å². The fourth-order valence-corrected chi connectivity index (χ4v) is 2.20. The highest BCUT2D eigenvalue weighted by molar-refractivity contribution is 5.93. The Hall–Kier alpha value is -2.15. The van der Waals surface area contributed by atoms with E-state index >= 15 is 0 Å².